The molecule has 118 valence electrons. The van der Waals surface area contributed by atoms with E-state index in [1.165, 1.54) is 44.9 Å². The van der Waals surface area contributed by atoms with E-state index in [2.05, 4.69) is 53.8 Å². The summed E-state index contributed by atoms with van der Waals surface area (Å²) in [6, 6.07) is 0. The maximum atomic E-state index is 3.63. The summed E-state index contributed by atoms with van der Waals surface area (Å²) < 4.78 is 0. The van der Waals surface area contributed by atoms with Gasteiger partial charge in [0, 0.05) is 0 Å². The van der Waals surface area contributed by atoms with E-state index in [0.717, 1.165) is 29.6 Å². The fourth-order valence-electron chi connectivity index (χ4n) is 5.94. The van der Waals surface area contributed by atoms with Crippen LogP contribution in [0.3, 0.4) is 0 Å². The van der Waals surface area contributed by atoms with E-state index in [9.17, 15) is 0 Å². The van der Waals surface area contributed by atoms with Gasteiger partial charge in [0.2, 0.25) is 0 Å². The average molecular weight is 351 g/mol. The molecule has 3 aliphatic rings. The molecule has 0 amide bonds. The van der Waals surface area contributed by atoms with Crippen LogP contribution in [-0.2, 0) is 0 Å². The highest BCUT2D eigenvalue weighted by atomic mass is 79.9. The van der Waals surface area contributed by atoms with Crippen molar-refractivity contribution in [2.45, 2.75) is 65.7 Å². The monoisotopic (exact) mass is 350 g/mol. The van der Waals surface area contributed by atoms with E-state index < -0.39 is 0 Å². The zero-order valence-electron chi connectivity index (χ0n) is 13.9. The Morgan fingerprint density at radius 2 is 2.19 bits per heavy atom. The van der Waals surface area contributed by atoms with Gasteiger partial charge in [-0.25, -0.2) is 0 Å². The zero-order chi connectivity index (χ0) is 15.0. The first kappa shape index (κ1) is 15.8. The first-order valence-corrected chi connectivity index (χ1v) is 9.93. The standard InChI is InChI=1S/C20H31Br/c1-14-6-7-16(11-14)12-15(2)18-8-9-19-17(13-21)5-4-10-20(18,19)3/h6-7,13-16,18-19H,4-5,8-12H2,1-3H3/t14-,15+,16-,18+,19?,20+/m0/s1. The number of halogens is 1. The number of hydrogen-bond acceptors (Lipinski definition) is 0. The van der Waals surface area contributed by atoms with Gasteiger partial charge in [0.15, 0.2) is 0 Å². The Hall–Kier alpha value is -0.0400. The van der Waals surface area contributed by atoms with Gasteiger partial charge in [-0.3, -0.25) is 0 Å². The summed E-state index contributed by atoms with van der Waals surface area (Å²) in [6.45, 7) is 7.51. The molecule has 0 aliphatic heterocycles. The van der Waals surface area contributed by atoms with E-state index in [1.54, 1.807) is 5.57 Å². The van der Waals surface area contributed by atoms with Crippen LogP contribution in [-0.4, -0.2) is 0 Å². The fraction of sp³-hybridized carbons (Fsp3) is 0.800. The number of allylic oxidation sites excluding steroid dienone is 3. The minimum absolute atomic E-state index is 0.575. The smallest absolute Gasteiger partial charge is 0.0138 e. The highest BCUT2D eigenvalue weighted by Gasteiger charge is 2.50. The summed E-state index contributed by atoms with van der Waals surface area (Å²) in [5.74, 6) is 4.35. The maximum absolute atomic E-state index is 3.63. The largest absolute Gasteiger partial charge is 0.0854 e. The second-order valence-electron chi connectivity index (χ2n) is 8.35. The van der Waals surface area contributed by atoms with Gasteiger partial charge >= 0.3 is 0 Å². The molecule has 0 saturated heterocycles. The lowest BCUT2D eigenvalue weighted by Crippen LogP contribution is -2.36. The topological polar surface area (TPSA) is 0 Å². The summed E-state index contributed by atoms with van der Waals surface area (Å²) in [7, 11) is 0. The van der Waals surface area contributed by atoms with Gasteiger partial charge in [-0.05, 0) is 84.9 Å². The van der Waals surface area contributed by atoms with Crippen LogP contribution in [0.4, 0.5) is 0 Å². The maximum Gasteiger partial charge on any atom is -0.0138 e. The Morgan fingerprint density at radius 1 is 1.38 bits per heavy atom. The van der Waals surface area contributed by atoms with Gasteiger partial charge in [-0.2, -0.15) is 0 Å². The van der Waals surface area contributed by atoms with E-state index >= 15 is 0 Å². The molecule has 0 aromatic rings. The number of rotatable bonds is 3. The van der Waals surface area contributed by atoms with Gasteiger partial charge in [0.05, 0.1) is 0 Å². The molecule has 0 aromatic heterocycles. The third-order valence-electron chi connectivity index (χ3n) is 6.93. The van der Waals surface area contributed by atoms with Gasteiger partial charge in [0.25, 0.3) is 0 Å². The summed E-state index contributed by atoms with van der Waals surface area (Å²) >= 11 is 3.63. The Bertz CT molecular complexity index is 435. The highest BCUT2D eigenvalue weighted by Crippen LogP contribution is 2.60. The van der Waals surface area contributed by atoms with Crippen molar-refractivity contribution in [1.29, 1.82) is 0 Å². The molecule has 0 nitrogen and oxygen atoms in total. The van der Waals surface area contributed by atoms with Crippen molar-refractivity contribution in [2.75, 3.05) is 0 Å². The summed E-state index contributed by atoms with van der Waals surface area (Å²) in [6.07, 6.45) is 14.8. The minimum atomic E-state index is 0.575. The molecule has 3 aliphatic carbocycles. The molecule has 21 heavy (non-hydrogen) atoms. The molecule has 0 spiro atoms. The minimum Gasteiger partial charge on any atom is -0.0854 e. The van der Waals surface area contributed by atoms with Crippen LogP contribution >= 0.6 is 15.9 Å². The molecule has 2 saturated carbocycles. The van der Waals surface area contributed by atoms with E-state index in [0.29, 0.717) is 5.41 Å². The number of fused-ring (bicyclic) bond motifs is 1. The highest BCUT2D eigenvalue weighted by molar-refractivity contribution is 9.11. The van der Waals surface area contributed by atoms with Crippen LogP contribution in [0.1, 0.15) is 65.7 Å². The van der Waals surface area contributed by atoms with Crippen molar-refractivity contribution in [1.82, 2.24) is 0 Å². The molecule has 2 fully saturated rings. The van der Waals surface area contributed by atoms with E-state index in [-0.39, 0.29) is 0 Å². The lowest BCUT2D eigenvalue weighted by Gasteiger charge is -2.44. The van der Waals surface area contributed by atoms with Gasteiger partial charge in [-0.1, -0.05) is 54.4 Å². The SMILES string of the molecule is C[C@H](C[C@H]1C=C[C@H](C)C1)[C@H]1CCC2C(=CBr)CCC[C@@]21C. The predicted molar refractivity (Wildman–Crippen MR) is 95.4 cm³/mol. The van der Waals surface area contributed by atoms with Crippen molar-refractivity contribution in [2.24, 2.45) is 35.0 Å². The van der Waals surface area contributed by atoms with Crippen LogP contribution in [0.2, 0.25) is 0 Å². The molecule has 3 rings (SSSR count). The van der Waals surface area contributed by atoms with Crippen LogP contribution in [0.15, 0.2) is 22.7 Å². The first-order chi connectivity index (χ1) is 10.0. The Balaban J connectivity index is 1.69. The van der Waals surface area contributed by atoms with Crippen molar-refractivity contribution < 1.29 is 0 Å². The molecular formula is C20H31Br. The Labute approximate surface area is 139 Å². The second-order valence-corrected chi connectivity index (χ2v) is 8.81. The first-order valence-electron chi connectivity index (χ1n) is 9.02. The summed E-state index contributed by atoms with van der Waals surface area (Å²) in [5, 5.41) is 0. The molecular weight excluding hydrogens is 320 g/mol. The van der Waals surface area contributed by atoms with Crippen molar-refractivity contribution in [3.8, 4) is 0 Å². The third-order valence-corrected chi connectivity index (χ3v) is 7.51. The summed E-state index contributed by atoms with van der Waals surface area (Å²) in [4.78, 5) is 2.25. The lowest BCUT2D eigenvalue weighted by atomic mass is 9.61. The lowest BCUT2D eigenvalue weighted by molar-refractivity contribution is 0.0896. The van der Waals surface area contributed by atoms with E-state index in [1.807, 2.05) is 0 Å². The van der Waals surface area contributed by atoms with Crippen molar-refractivity contribution in [3.05, 3.63) is 22.7 Å². The molecule has 1 heteroatoms. The second kappa shape index (κ2) is 6.22. The third kappa shape index (κ3) is 2.92. The van der Waals surface area contributed by atoms with Crippen LogP contribution in [0.25, 0.3) is 0 Å². The normalized spacial score (nSPS) is 46.0. The fourth-order valence-corrected chi connectivity index (χ4v) is 6.49. The molecule has 6 atom stereocenters. The number of hydrogen-bond donors (Lipinski definition) is 0. The quantitative estimate of drug-likeness (QED) is 0.495. The van der Waals surface area contributed by atoms with Gasteiger partial charge in [-0.15, -0.1) is 0 Å². The average Bonchev–Trinajstić information content (AvgIpc) is 3.01. The van der Waals surface area contributed by atoms with Crippen molar-refractivity contribution in [3.63, 3.8) is 0 Å². The predicted octanol–water partition coefficient (Wildman–Crippen LogP) is 6.72. The van der Waals surface area contributed by atoms with Crippen LogP contribution < -0.4 is 0 Å². The van der Waals surface area contributed by atoms with Crippen molar-refractivity contribution >= 4 is 15.9 Å². The molecule has 0 aromatic carbocycles. The Kier molecular flexibility index (Phi) is 4.69. The molecule has 0 N–H and O–H groups in total. The molecule has 0 bridgehead atoms. The van der Waals surface area contributed by atoms with E-state index in [4.69, 9.17) is 0 Å². The van der Waals surface area contributed by atoms with Gasteiger partial charge < -0.3 is 0 Å². The molecule has 0 radical (unpaired) electrons. The molecule has 1 unspecified atom stereocenters. The summed E-state index contributed by atoms with van der Waals surface area (Å²) in [5.41, 5.74) is 2.28. The Morgan fingerprint density at radius 3 is 2.86 bits per heavy atom. The van der Waals surface area contributed by atoms with Crippen LogP contribution in [0, 0.1) is 35.0 Å². The zero-order valence-corrected chi connectivity index (χ0v) is 15.5. The van der Waals surface area contributed by atoms with Gasteiger partial charge in [0.1, 0.15) is 0 Å². The van der Waals surface area contributed by atoms with Crippen LogP contribution in [0.5, 0.6) is 0 Å². The molecule has 0 heterocycles.